The van der Waals surface area contributed by atoms with Crippen LogP contribution in [0.25, 0.3) is 11.2 Å². The zero-order chi connectivity index (χ0) is 17.9. The minimum absolute atomic E-state index is 0.378. The van der Waals surface area contributed by atoms with E-state index in [-0.39, 0.29) is 5.52 Å². The molecule has 0 aromatic carbocycles. The van der Waals surface area contributed by atoms with E-state index in [1.54, 1.807) is 0 Å². The molecule has 3 atom stereocenters. The number of hydrogen-bond donors (Lipinski definition) is 4. The normalized spacial score (nSPS) is 29.6. The van der Waals surface area contributed by atoms with Crippen LogP contribution >= 0.6 is 0 Å². The Morgan fingerprint density at radius 1 is 1.50 bits per heavy atom. The maximum atomic E-state index is 14.3. The molecule has 1 fully saturated rings. The van der Waals surface area contributed by atoms with Gasteiger partial charge in [0.05, 0.1) is 12.9 Å². The van der Waals surface area contributed by atoms with E-state index in [0.717, 1.165) is 6.33 Å². The Hall–Kier alpha value is -2.25. The van der Waals surface area contributed by atoms with Gasteiger partial charge in [0.25, 0.3) is 12.0 Å². The largest absolute Gasteiger partial charge is 0.393 e. The van der Waals surface area contributed by atoms with E-state index in [4.69, 9.17) is 10.8 Å². The fourth-order valence-corrected chi connectivity index (χ4v) is 2.53. The number of aromatic amines is 1. The Balaban J connectivity index is 2.18. The topological polar surface area (TPSA) is 139 Å². The number of aliphatic hydroxyl groups excluding tert-OH is 2. The zero-order valence-corrected chi connectivity index (χ0v) is 11.7. The molecule has 2 aromatic heterocycles. The van der Waals surface area contributed by atoms with Gasteiger partial charge in [0.1, 0.15) is 0 Å². The number of aromatic nitrogens is 4. The molecular formula is C11H11F4N5O4. The summed E-state index contributed by atoms with van der Waals surface area (Å²) >= 11 is 0. The summed E-state index contributed by atoms with van der Waals surface area (Å²) in [7, 11) is 0. The molecule has 0 radical (unpaired) electrons. The number of aliphatic hydroxyl groups is 2. The first kappa shape index (κ1) is 16.6. The summed E-state index contributed by atoms with van der Waals surface area (Å²) in [5.74, 6) is -4.65. The molecule has 3 rings (SSSR count). The summed E-state index contributed by atoms with van der Waals surface area (Å²) < 4.78 is 60.1. The Labute approximate surface area is 129 Å². The smallest absolute Gasteiger partial charge is 0.320 e. The molecular weight excluding hydrogens is 342 g/mol. The Morgan fingerprint density at radius 2 is 2.17 bits per heavy atom. The second kappa shape index (κ2) is 5.12. The van der Waals surface area contributed by atoms with Gasteiger partial charge in [-0.2, -0.15) is 13.8 Å². The average molecular weight is 353 g/mol. The Kier molecular flexibility index (Phi) is 3.54. The van der Waals surface area contributed by atoms with Crippen LogP contribution in [0.5, 0.6) is 0 Å². The lowest BCUT2D eigenvalue weighted by Crippen LogP contribution is -2.53. The highest BCUT2D eigenvalue weighted by molar-refractivity contribution is 5.70. The molecule has 24 heavy (non-hydrogen) atoms. The lowest BCUT2D eigenvalue weighted by Gasteiger charge is -2.28. The molecule has 0 amide bonds. The Bertz CT molecular complexity index is 839. The molecule has 0 spiro atoms. The number of anilines is 1. The monoisotopic (exact) mass is 353 g/mol. The van der Waals surface area contributed by atoms with E-state index >= 15 is 0 Å². The minimum Gasteiger partial charge on any atom is -0.393 e. The van der Waals surface area contributed by atoms with Crippen molar-refractivity contribution in [2.75, 3.05) is 12.3 Å². The van der Waals surface area contributed by atoms with Gasteiger partial charge in [0.15, 0.2) is 22.9 Å². The van der Waals surface area contributed by atoms with Crippen LogP contribution in [0.3, 0.4) is 0 Å². The molecule has 1 aliphatic heterocycles. The third-order valence-corrected chi connectivity index (χ3v) is 3.81. The highest BCUT2D eigenvalue weighted by atomic mass is 19.3. The van der Waals surface area contributed by atoms with E-state index in [9.17, 15) is 27.5 Å². The molecule has 0 saturated carbocycles. The highest BCUT2D eigenvalue weighted by Crippen LogP contribution is 2.50. The number of H-pyrrole nitrogens is 1. The minimum atomic E-state index is -4.23. The number of hydrogen-bond acceptors (Lipinski definition) is 7. The molecule has 13 heteroatoms. The number of nitrogen functional groups attached to an aromatic ring is 1. The van der Waals surface area contributed by atoms with Crippen LogP contribution < -0.4 is 11.3 Å². The van der Waals surface area contributed by atoms with E-state index in [1.165, 1.54) is 0 Å². The van der Waals surface area contributed by atoms with Gasteiger partial charge in [-0.3, -0.25) is 14.3 Å². The first-order valence-electron chi connectivity index (χ1n) is 6.50. The number of alkyl halides is 4. The molecule has 132 valence electrons. The fourth-order valence-electron chi connectivity index (χ4n) is 2.53. The van der Waals surface area contributed by atoms with Gasteiger partial charge in [-0.25, -0.2) is 13.8 Å². The van der Waals surface area contributed by atoms with Crippen LogP contribution in [-0.2, 0) is 4.74 Å². The summed E-state index contributed by atoms with van der Waals surface area (Å²) in [6, 6.07) is 0. The van der Waals surface area contributed by atoms with Crippen molar-refractivity contribution in [3.05, 3.63) is 16.7 Å². The molecule has 3 heterocycles. The fraction of sp³-hybridized carbons (Fsp3) is 0.545. The van der Waals surface area contributed by atoms with Gasteiger partial charge in [-0.05, 0) is 0 Å². The van der Waals surface area contributed by atoms with Crippen molar-refractivity contribution in [1.82, 2.24) is 19.5 Å². The number of halogens is 4. The van der Waals surface area contributed by atoms with Gasteiger partial charge >= 0.3 is 5.92 Å². The average Bonchev–Trinajstić information content (AvgIpc) is 2.99. The van der Waals surface area contributed by atoms with Crippen molar-refractivity contribution in [1.29, 1.82) is 0 Å². The van der Waals surface area contributed by atoms with E-state index in [0.29, 0.717) is 4.57 Å². The molecule has 1 saturated heterocycles. The van der Waals surface area contributed by atoms with Gasteiger partial charge in [-0.15, -0.1) is 0 Å². The Morgan fingerprint density at radius 3 is 2.71 bits per heavy atom. The number of fused-ring (bicyclic) bond motifs is 1. The van der Waals surface area contributed by atoms with Crippen LogP contribution in [0.1, 0.15) is 6.23 Å². The van der Waals surface area contributed by atoms with E-state index < -0.39 is 54.0 Å². The van der Waals surface area contributed by atoms with Crippen LogP contribution in [0, 0.1) is 0 Å². The molecule has 0 aliphatic carbocycles. The second-order valence-electron chi connectivity index (χ2n) is 5.24. The summed E-state index contributed by atoms with van der Waals surface area (Å²) in [6.07, 6.45) is -8.37. The van der Waals surface area contributed by atoms with Crippen LogP contribution in [0.15, 0.2) is 11.1 Å². The standard InChI is InChI=1S/C11H11F4N5O4/c12-7(13)10(1-21)6(23)11(14,15)8(24-10)20-2-17-3-4(20)18-9(16)19-5(3)22/h2,6-8,21,23H,1H2,(H3,16,18,19,22)/t6?,8-,10-/m1/s1. The van der Waals surface area contributed by atoms with Gasteiger partial charge in [0.2, 0.25) is 12.2 Å². The molecule has 5 N–H and O–H groups in total. The van der Waals surface area contributed by atoms with Gasteiger partial charge < -0.3 is 20.7 Å². The predicted octanol–water partition coefficient (Wildman–Crippen LogP) is -0.777. The molecule has 1 aliphatic rings. The maximum absolute atomic E-state index is 14.3. The number of imidazole rings is 1. The lowest BCUT2D eigenvalue weighted by atomic mass is 9.96. The summed E-state index contributed by atoms with van der Waals surface area (Å²) in [5, 5.41) is 18.7. The van der Waals surface area contributed by atoms with Crippen molar-refractivity contribution < 1.29 is 32.5 Å². The predicted molar refractivity (Wildman–Crippen MR) is 69.5 cm³/mol. The van der Waals surface area contributed by atoms with Crippen molar-refractivity contribution in [3.63, 3.8) is 0 Å². The molecule has 2 aromatic rings. The van der Waals surface area contributed by atoms with Crippen LogP contribution in [0.4, 0.5) is 23.5 Å². The van der Waals surface area contributed by atoms with Gasteiger partial charge in [-0.1, -0.05) is 0 Å². The third kappa shape index (κ3) is 2.01. The van der Waals surface area contributed by atoms with Crippen molar-refractivity contribution >= 4 is 17.1 Å². The number of nitrogens with one attached hydrogen (secondary N) is 1. The molecule has 0 bridgehead atoms. The van der Waals surface area contributed by atoms with Gasteiger partial charge in [0, 0.05) is 0 Å². The molecule has 9 nitrogen and oxygen atoms in total. The highest BCUT2D eigenvalue weighted by Gasteiger charge is 2.70. The van der Waals surface area contributed by atoms with Crippen molar-refractivity contribution in [3.8, 4) is 0 Å². The van der Waals surface area contributed by atoms with Crippen molar-refractivity contribution in [2.45, 2.75) is 30.3 Å². The number of nitrogens with two attached hydrogens (primary N) is 1. The van der Waals surface area contributed by atoms with E-state index in [1.807, 2.05) is 0 Å². The van der Waals surface area contributed by atoms with E-state index in [2.05, 4.69) is 19.7 Å². The molecule has 1 unspecified atom stereocenters. The summed E-state index contributed by atoms with van der Waals surface area (Å²) in [4.78, 5) is 20.9. The summed E-state index contributed by atoms with van der Waals surface area (Å²) in [6.45, 7) is -1.55. The SMILES string of the molecule is Nc1nc2c(ncn2[C@@H]2O[C@@](CO)(C(F)F)C(O)C2(F)F)c(=O)[nH]1. The lowest BCUT2D eigenvalue weighted by molar-refractivity contribution is -0.194. The second-order valence-corrected chi connectivity index (χ2v) is 5.24. The van der Waals surface area contributed by atoms with Crippen LogP contribution in [-0.4, -0.2) is 60.4 Å². The first-order valence-corrected chi connectivity index (χ1v) is 6.50. The van der Waals surface area contributed by atoms with Crippen molar-refractivity contribution in [2.24, 2.45) is 0 Å². The first-order chi connectivity index (χ1) is 11.1. The zero-order valence-electron chi connectivity index (χ0n) is 11.7. The quantitative estimate of drug-likeness (QED) is 0.531. The summed E-state index contributed by atoms with van der Waals surface area (Å²) in [5.41, 5.74) is 0.473. The third-order valence-electron chi connectivity index (χ3n) is 3.81. The maximum Gasteiger partial charge on any atom is 0.320 e. The number of rotatable bonds is 3. The van der Waals surface area contributed by atoms with Crippen LogP contribution in [0.2, 0.25) is 0 Å². The number of ether oxygens (including phenoxy) is 1. The number of nitrogens with zero attached hydrogens (tertiary/aromatic N) is 3.